The fourth-order valence-electron chi connectivity index (χ4n) is 1.88. The molecule has 3 atom stereocenters. The third-order valence-electron chi connectivity index (χ3n) is 2.85. The van der Waals surface area contributed by atoms with Gasteiger partial charge in [0.15, 0.2) is 0 Å². The fourth-order valence-corrected chi connectivity index (χ4v) is 2.22. The van der Waals surface area contributed by atoms with Crippen molar-refractivity contribution in [1.29, 1.82) is 0 Å². The lowest BCUT2D eigenvalue weighted by atomic mass is 9.95. The average Bonchev–Trinajstić information content (AvgIpc) is 2.35. The largest absolute Gasteiger partial charge is 0.468 e. The van der Waals surface area contributed by atoms with Crippen molar-refractivity contribution in [2.24, 2.45) is 0 Å². The summed E-state index contributed by atoms with van der Waals surface area (Å²) in [5, 5.41) is 0. The molecular formula is C11H19BrO4. The Kier molecular flexibility index (Phi) is 6.31. The number of hydrogen-bond acceptors (Lipinski definition) is 4. The Hall–Kier alpha value is -0.130. The number of methoxy groups -OCH3 is 2. The zero-order valence-electron chi connectivity index (χ0n) is 9.78. The summed E-state index contributed by atoms with van der Waals surface area (Å²) < 4.78 is 15.6. The van der Waals surface area contributed by atoms with E-state index in [1.54, 1.807) is 7.11 Å². The Bertz CT molecular complexity index is 222. The lowest BCUT2D eigenvalue weighted by Gasteiger charge is -2.28. The van der Waals surface area contributed by atoms with Gasteiger partial charge in [-0.1, -0.05) is 15.9 Å². The second-order valence-corrected chi connectivity index (χ2v) is 5.08. The van der Waals surface area contributed by atoms with E-state index in [0.29, 0.717) is 12.7 Å². The van der Waals surface area contributed by atoms with Gasteiger partial charge in [0, 0.05) is 7.11 Å². The smallest absolute Gasteiger partial charge is 0.321 e. The van der Waals surface area contributed by atoms with Gasteiger partial charge in [0.05, 0.1) is 25.9 Å². The maximum absolute atomic E-state index is 11.1. The molecule has 3 unspecified atom stereocenters. The molecule has 4 nitrogen and oxygen atoms in total. The zero-order chi connectivity index (χ0) is 12.0. The van der Waals surface area contributed by atoms with Crippen LogP contribution in [0.4, 0.5) is 0 Å². The van der Waals surface area contributed by atoms with E-state index in [2.05, 4.69) is 20.7 Å². The van der Waals surface area contributed by atoms with Gasteiger partial charge >= 0.3 is 5.97 Å². The first-order chi connectivity index (χ1) is 7.67. The molecule has 0 aromatic carbocycles. The molecule has 16 heavy (non-hydrogen) atoms. The molecule has 0 aromatic heterocycles. The van der Waals surface area contributed by atoms with Gasteiger partial charge in [-0.3, -0.25) is 4.79 Å². The third kappa shape index (κ3) is 4.39. The molecule has 1 aliphatic carbocycles. The van der Waals surface area contributed by atoms with Crippen molar-refractivity contribution in [3.8, 4) is 0 Å². The normalized spacial score (nSPS) is 27.4. The van der Waals surface area contributed by atoms with Gasteiger partial charge in [0.25, 0.3) is 0 Å². The number of esters is 1. The molecule has 5 heteroatoms. The van der Waals surface area contributed by atoms with Crippen LogP contribution < -0.4 is 0 Å². The Morgan fingerprint density at radius 3 is 2.69 bits per heavy atom. The third-order valence-corrected chi connectivity index (χ3v) is 3.48. The lowest BCUT2D eigenvalue weighted by Crippen LogP contribution is -2.31. The molecule has 1 rings (SSSR count). The highest BCUT2D eigenvalue weighted by Crippen LogP contribution is 2.23. The standard InChI is InChI=1S/C11H19BrO4/c1-14-8-4-3-5-9(6-8)16-7-10(12)11(13)15-2/h8-10H,3-7H2,1-2H3. The van der Waals surface area contributed by atoms with E-state index in [0.717, 1.165) is 25.7 Å². The van der Waals surface area contributed by atoms with Crippen molar-refractivity contribution >= 4 is 21.9 Å². The summed E-state index contributed by atoms with van der Waals surface area (Å²) in [4.78, 5) is 10.8. The number of carbonyl (C=O) groups is 1. The molecule has 1 saturated carbocycles. The topological polar surface area (TPSA) is 44.8 Å². The monoisotopic (exact) mass is 294 g/mol. The SMILES string of the molecule is COC(=O)C(Br)COC1CCCC(OC)C1. The second-order valence-electron chi connectivity index (χ2n) is 3.97. The lowest BCUT2D eigenvalue weighted by molar-refractivity contribution is -0.141. The van der Waals surface area contributed by atoms with E-state index in [9.17, 15) is 4.79 Å². The number of rotatable bonds is 5. The molecule has 0 heterocycles. The van der Waals surface area contributed by atoms with Crippen LogP contribution in [0, 0.1) is 0 Å². The molecule has 1 aliphatic rings. The number of ether oxygens (including phenoxy) is 3. The van der Waals surface area contributed by atoms with E-state index >= 15 is 0 Å². The predicted octanol–water partition coefficient (Wildman–Crippen LogP) is 1.90. The Balaban J connectivity index is 2.24. The van der Waals surface area contributed by atoms with Gasteiger partial charge in [-0.05, 0) is 25.7 Å². The minimum atomic E-state index is -0.375. The van der Waals surface area contributed by atoms with E-state index < -0.39 is 0 Å². The van der Waals surface area contributed by atoms with Gasteiger partial charge < -0.3 is 14.2 Å². The first kappa shape index (κ1) is 13.9. The summed E-state index contributed by atoms with van der Waals surface area (Å²) in [6.45, 7) is 0.355. The Morgan fingerprint density at radius 2 is 2.06 bits per heavy atom. The molecule has 0 radical (unpaired) electrons. The first-order valence-corrected chi connectivity index (χ1v) is 6.45. The van der Waals surface area contributed by atoms with Gasteiger partial charge in [0.2, 0.25) is 0 Å². The average molecular weight is 295 g/mol. The molecule has 1 fully saturated rings. The van der Waals surface area contributed by atoms with Crippen LogP contribution in [-0.2, 0) is 19.0 Å². The zero-order valence-corrected chi connectivity index (χ0v) is 11.4. The van der Waals surface area contributed by atoms with Crippen molar-refractivity contribution in [2.45, 2.75) is 42.7 Å². The van der Waals surface area contributed by atoms with Gasteiger partial charge in [-0.25, -0.2) is 0 Å². The number of halogens is 1. The first-order valence-electron chi connectivity index (χ1n) is 5.53. The highest BCUT2D eigenvalue weighted by Gasteiger charge is 2.24. The Labute approximate surface area is 105 Å². The van der Waals surface area contributed by atoms with Crippen molar-refractivity contribution in [1.82, 2.24) is 0 Å². The van der Waals surface area contributed by atoms with Crippen molar-refractivity contribution in [3.63, 3.8) is 0 Å². The molecule has 0 bridgehead atoms. The van der Waals surface area contributed by atoms with E-state index in [-0.39, 0.29) is 16.9 Å². The van der Waals surface area contributed by atoms with Crippen molar-refractivity contribution in [3.05, 3.63) is 0 Å². The molecule has 0 aliphatic heterocycles. The van der Waals surface area contributed by atoms with Crippen LogP contribution in [0.25, 0.3) is 0 Å². The van der Waals surface area contributed by atoms with Gasteiger partial charge in [0.1, 0.15) is 4.83 Å². The second kappa shape index (κ2) is 7.25. The van der Waals surface area contributed by atoms with Crippen LogP contribution in [0.15, 0.2) is 0 Å². The minimum absolute atomic E-state index is 0.198. The quantitative estimate of drug-likeness (QED) is 0.574. The highest BCUT2D eigenvalue weighted by atomic mass is 79.9. The molecule has 0 spiro atoms. The van der Waals surface area contributed by atoms with Crippen molar-refractivity contribution in [2.75, 3.05) is 20.8 Å². The van der Waals surface area contributed by atoms with Gasteiger partial charge in [-0.15, -0.1) is 0 Å². The molecule has 0 amide bonds. The molecule has 0 N–H and O–H groups in total. The maximum Gasteiger partial charge on any atom is 0.321 e. The van der Waals surface area contributed by atoms with Crippen LogP contribution in [0.5, 0.6) is 0 Å². The summed E-state index contributed by atoms with van der Waals surface area (Å²) in [5.41, 5.74) is 0. The van der Waals surface area contributed by atoms with Crippen LogP contribution in [0.2, 0.25) is 0 Å². The summed E-state index contributed by atoms with van der Waals surface area (Å²) >= 11 is 3.23. The van der Waals surface area contributed by atoms with E-state index in [1.165, 1.54) is 7.11 Å². The summed E-state index contributed by atoms with van der Waals surface area (Å²) in [7, 11) is 3.10. The maximum atomic E-state index is 11.1. The molecule has 0 aromatic rings. The molecular weight excluding hydrogens is 276 g/mol. The molecule has 94 valence electrons. The molecule has 0 saturated heterocycles. The van der Waals surface area contributed by atoms with Gasteiger partial charge in [-0.2, -0.15) is 0 Å². The fraction of sp³-hybridized carbons (Fsp3) is 0.909. The number of carbonyl (C=O) groups excluding carboxylic acids is 1. The number of alkyl halides is 1. The minimum Gasteiger partial charge on any atom is -0.468 e. The van der Waals surface area contributed by atoms with Crippen LogP contribution >= 0.6 is 15.9 Å². The van der Waals surface area contributed by atoms with E-state index in [4.69, 9.17) is 9.47 Å². The van der Waals surface area contributed by atoms with Crippen LogP contribution in [-0.4, -0.2) is 43.8 Å². The van der Waals surface area contributed by atoms with Crippen molar-refractivity contribution < 1.29 is 19.0 Å². The van der Waals surface area contributed by atoms with Crippen LogP contribution in [0.1, 0.15) is 25.7 Å². The summed E-state index contributed by atoms with van der Waals surface area (Å²) in [5.74, 6) is -0.292. The Morgan fingerprint density at radius 1 is 1.38 bits per heavy atom. The number of hydrogen-bond donors (Lipinski definition) is 0. The predicted molar refractivity (Wildman–Crippen MR) is 63.7 cm³/mol. The van der Waals surface area contributed by atoms with E-state index in [1.807, 2.05) is 0 Å². The summed E-state index contributed by atoms with van der Waals surface area (Å²) in [6, 6.07) is 0. The summed E-state index contributed by atoms with van der Waals surface area (Å²) in [6.07, 6.45) is 4.67. The highest BCUT2D eigenvalue weighted by molar-refractivity contribution is 9.10. The van der Waals surface area contributed by atoms with Crippen LogP contribution in [0.3, 0.4) is 0 Å².